The summed E-state index contributed by atoms with van der Waals surface area (Å²) in [6.07, 6.45) is 0.762. The highest BCUT2D eigenvalue weighted by Gasteiger charge is 2.26. The Labute approximate surface area is 166 Å². The molecule has 0 bridgehead atoms. The lowest BCUT2D eigenvalue weighted by Crippen LogP contribution is -2.40. The number of nitrogens with zero attached hydrogens (tertiary/aromatic N) is 1. The smallest absolute Gasteiger partial charge is 0.251 e. The zero-order chi connectivity index (χ0) is 20.1. The summed E-state index contributed by atoms with van der Waals surface area (Å²) in [5.74, 6) is -0.220. The van der Waals surface area contributed by atoms with Crippen LogP contribution in [0, 0.1) is 6.92 Å². The van der Waals surface area contributed by atoms with Crippen molar-refractivity contribution in [2.45, 2.75) is 31.2 Å². The first-order valence-corrected chi connectivity index (χ1v) is 10.9. The third-order valence-corrected chi connectivity index (χ3v) is 6.83. The minimum atomic E-state index is -3.56. The first kappa shape index (κ1) is 20.5. The molecule has 6 nitrogen and oxygen atoms in total. The lowest BCUT2D eigenvalue weighted by Gasteiger charge is -2.26. The van der Waals surface area contributed by atoms with Crippen molar-refractivity contribution in [1.82, 2.24) is 9.62 Å². The van der Waals surface area contributed by atoms with Crippen LogP contribution in [-0.4, -0.2) is 44.9 Å². The van der Waals surface area contributed by atoms with E-state index in [2.05, 4.69) is 5.32 Å². The number of ether oxygens (including phenoxy) is 1. The Morgan fingerprint density at radius 3 is 2.25 bits per heavy atom. The first-order chi connectivity index (χ1) is 13.4. The molecule has 1 N–H and O–H groups in total. The van der Waals surface area contributed by atoms with Crippen molar-refractivity contribution in [3.8, 4) is 0 Å². The molecule has 1 heterocycles. The lowest BCUT2D eigenvalue weighted by atomic mass is 10.0. The molecule has 0 aliphatic carbocycles. The van der Waals surface area contributed by atoms with Gasteiger partial charge in [-0.3, -0.25) is 4.79 Å². The number of hydrogen-bond acceptors (Lipinski definition) is 4. The number of hydrogen-bond donors (Lipinski definition) is 1. The maximum atomic E-state index is 12.7. The van der Waals surface area contributed by atoms with E-state index in [9.17, 15) is 13.2 Å². The maximum absolute atomic E-state index is 12.7. The summed E-state index contributed by atoms with van der Waals surface area (Å²) in [6.45, 7) is 5.53. The second-order valence-corrected chi connectivity index (χ2v) is 8.82. The van der Waals surface area contributed by atoms with Crippen molar-refractivity contribution in [3.05, 3.63) is 65.2 Å². The predicted octanol–water partition coefficient (Wildman–Crippen LogP) is 2.90. The third-order valence-electron chi connectivity index (χ3n) is 4.92. The molecule has 0 saturated carbocycles. The van der Waals surface area contributed by atoms with Crippen LogP contribution in [0.5, 0.6) is 0 Å². The van der Waals surface area contributed by atoms with Crippen LogP contribution in [0.15, 0.2) is 53.4 Å². The molecule has 7 heteroatoms. The van der Waals surface area contributed by atoms with E-state index in [0.29, 0.717) is 31.9 Å². The van der Waals surface area contributed by atoms with Crippen LogP contribution in [0.4, 0.5) is 0 Å². The largest absolute Gasteiger partial charge is 0.379 e. The van der Waals surface area contributed by atoms with Crippen LogP contribution in [-0.2, 0) is 14.8 Å². The van der Waals surface area contributed by atoms with Gasteiger partial charge >= 0.3 is 0 Å². The molecule has 1 unspecified atom stereocenters. The van der Waals surface area contributed by atoms with E-state index in [1.807, 2.05) is 38.1 Å². The van der Waals surface area contributed by atoms with Crippen LogP contribution in [0.2, 0.25) is 0 Å². The molecular weight excluding hydrogens is 376 g/mol. The van der Waals surface area contributed by atoms with Gasteiger partial charge in [-0.25, -0.2) is 8.42 Å². The van der Waals surface area contributed by atoms with Crippen molar-refractivity contribution >= 4 is 15.9 Å². The van der Waals surface area contributed by atoms with Gasteiger partial charge in [-0.05, 0) is 43.2 Å². The van der Waals surface area contributed by atoms with Crippen molar-refractivity contribution in [3.63, 3.8) is 0 Å². The SMILES string of the molecule is CCC(NC(=O)c1ccc(S(=O)(=O)N2CCOCC2)cc1)c1ccc(C)cc1. The van der Waals surface area contributed by atoms with Crippen molar-refractivity contribution in [2.24, 2.45) is 0 Å². The molecule has 150 valence electrons. The minimum absolute atomic E-state index is 0.0927. The Morgan fingerprint density at radius 1 is 1.07 bits per heavy atom. The summed E-state index contributed by atoms with van der Waals surface area (Å²) < 4.78 is 32.0. The highest BCUT2D eigenvalue weighted by Crippen LogP contribution is 2.20. The van der Waals surface area contributed by atoms with Crippen LogP contribution in [0.25, 0.3) is 0 Å². The standard InChI is InChI=1S/C21H26N2O4S/c1-3-20(17-6-4-16(2)5-7-17)22-21(24)18-8-10-19(11-9-18)28(25,26)23-12-14-27-15-13-23/h4-11,20H,3,12-15H2,1-2H3,(H,22,24). The maximum Gasteiger partial charge on any atom is 0.251 e. The Kier molecular flexibility index (Phi) is 6.49. The molecule has 2 aromatic rings. The molecule has 1 saturated heterocycles. The molecule has 28 heavy (non-hydrogen) atoms. The summed E-state index contributed by atoms with van der Waals surface area (Å²) in [5, 5.41) is 3.02. The molecule has 1 aliphatic rings. The summed E-state index contributed by atoms with van der Waals surface area (Å²) in [7, 11) is -3.56. The molecule has 1 aliphatic heterocycles. The van der Waals surface area contributed by atoms with E-state index >= 15 is 0 Å². The van der Waals surface area contributed by atoms with Gasteiger partial charge in [-0.1, -0.05) is 36.8 Å². The molecular formula is C21H26N2O4S. The normalized spacial score (nSPS) is 16.5. The van der Waals surface area contributed by atoms with Crippen molar-refractivity contribution < 1.29 is 17.9 Å². The second kappa shape index (κ2) is 8.86. The van der Waals surface area contributed by atoms with Gasteiger partial charge in [0.1, 0.15) is 0 Å². The van der Waals surface area contributed by atoms with E-state index in [4.69, 9.17) is 4.74 Å². The number of nitrogens with one attached hydrogen (secondary N) is 1. The average Bonchev–Trinajstić information content (AvgIpc) is 2.73. The number of morpholine rings is 1. The van der Waals surface area contributed by atoms with E-state index in [-0.39, 0.29) is 16.8 Å². The monoisotopic (exact) mass is 402 g/mol. The van der Waals surface area contributed by atoms with Crippen LogP contribution in [0.1, 0.15) is 40.9 Å². The first-order valence-electron chi connectivity index (χ1n) is 9.47. The molecule has 0 spiro atoms. The van der Waals surface area contributed by atoms with Gasteiger partial charge in [0, 0.05) is 18.7 Å². The number of carbonyl (C=O) groups is 1. The second-order valence-electron chi connectivity index (χ2n) is 6.89. The van der Waals surface area contributed by atoms with Crippen molar-refractivity contribution in [2.75, 3.05) is 26.3 Å². The molecule has 0 radical (unpaired) electrons. The number of carbonyl (C=O) groups excluding carboxylic acids is 1. The number of rotatable bonds is 6. The van der Waals surface area contributed by atoms with Gasteiger partial charge in [0.05, 0.1) is 24.2 Å². The fourth-order valence-electron chi connectivity index (χ4n) is 3.18. The van der Waals surface area contributed by atoms with Crippen LogP contribution >= 0.6 is 0 Å². The fraction of sp³-hybridized carbons (Fsp3) is 0.381. The minimum Gasteiger partial charge on any atom is -0.379 e. The number of amides is 1. The summed E-state index contributed by atoms with van der Waals surface area (Å²) >= 11 is 0. The molecule has 1 atom stereocenters. The van der Waals surface area contributed by atoms with E-state index in [0.717, 1.165) is 12.0 Å². The molecule has 0 aromatic heterocycles. The zero-order valence-electron chi connectivity index (χ0n) is 16.2. The summed E-state index contributed by atoms with van der Waals surface area (Å²) in [4.78, 5) is 12.8. The molecule has 2 aromatic carbocycles. The highest BCUT2D eigenvalue weighted by molar-refractivity contribution is 7.89. The van der Waals surface area contributed by atoms with E-state index < -0.39 is 10.0 Å². The Bertz CT molecular complexity index is 902. The quantitative estimate of drug-likeness (QED) is 0.806. The van der Waals surface area contributed by atoms with Crippen LogP contribution in [0.3, 0.4) is 0 Å². The number of sulfonamides is 1. The van der Waals surface area contributed by atoms with Gasteiger partial charge < -0.3 is 10.1 Å². The summed E-state index contributed by atoms with van der Waals surface area (Å²) in [6, 6.07) is 14.1. The van der Waals surface area contributed by atoms with E-state index in [1.165, 1.54) is 22.0 Å². The highest BCUT2D eigenvalue weighted by atomic mass is 32.2. The fourth-order valence-corrected chi connectivity index (χ4v) is 4.58. The van der Waals surface area contributed by atoms with Gasteiger partial charge in [0.15, 0.2) is 0 Å². The number of benzene rings is 2. The predicted molar refractivity (Wildman–Crippen MR) is 108 cm³/mol. The topological polar surface area (TPSA) is 75.7 Å². The lowest BCUT2D eigenvalue weighted by molar-refractivity contribution is 0.0730. The average molecular weight is 403 g/mol. The van der Waals surface area contributed by atoms with Gasteiger partial charge in [-0.2, -0.15) is 4.31 Å². The van der Waals surface area contributed by atoms with Crippen molar-refractivity contribution in [1.29, 1.82) is 0 Å². The Morgan fingerprint density at radius 2 is 1.68 bits per heavy atom. The van der Waals surface area contributed by atoms with Gasteiger partial charge in [0.25, 0.3) is 5.91 Å². The van der Waals surface area contributed by atoms with E-state index in [1.54, 1.807) is 12.1 Å². The summed E-state index contributed by atoms with van der Waals surface area (Å²) in [5.41, 5.74) is 2.65. The Hall–Kier alpha value is -2.22. The molecule has 1 amide bonds. The third kappa shape index (κ3) is 4.60. The Balaban J connectivity index is 1.71. The molecule has 3 rings (SSSR count). The zero-order valence-corrected chi connectivity index (χ0v) is 17.0. The molecule has 1 fully saturated rings. The van der Waals surface area contributed by atoms with Gasteiger partial charge in [-0.15, -0.1) is 0 Å². The number of aryl methyl sites for hydroxylation is 1. The van der Waals surface area contributed by atoms with Gasteiger partial charge in [0.2, 0.25) is 10.0 Å². The van der Waals surface area contributed by atoms with Crippen LogP contribution < -0.4 is 5.32 Å².